The van der Waals surface area contributed by atoms with E-state index >= 15 is 0 Å². The number of hydrogen-bond donors (Lipinski definition) is 1. The van der Waals surface area contributed by atoms with Crippen molar-refractivity contribution < 1.29 is 4.74 Å². The Balaban J connectivity index is 1.70. The zero-order valence-electron chi connectivity index (χ0n) is 11.0. The third-order valence-electron chi connectivity index (χ3n) is 3.55. The van der Waals surface area contributed by atoms with Gasteiger partial charge in [-0.2, -0.15) is 5.10 Å². The van der Waals surface area contributed by atoms with E-state index in [0.29, 0.717) is 6.04 Å². The fourth-order valence-corrected chi connectivity index (χ4v) is 2.45. The summed E-state index contributed by atoms with van der Waals surface area (Å²) >= 11 is 0. The first-order valence-electron chi connectivity index (χ1n) is 6.82. The Labute approximate surface area is 113 Å². The molecule has 2 heterocycles. The maximum Gasteiger partial charge on any atom is 0.0690 e. The normalized spacial score (nSPS) is 16.6. The summed E-state index contributed by atoms with van der Waals surface area (Å²) in [5, 5.41) is 7.93. The van der Waals surface area contributed by atoms with Crippen LogP contribution in [0.3, 0.4) is 0 Å². The largest absolute Gasteiger partial charge is 0.381 e. The van der Waals surface area contributed by atoms with Crippen molar-refractivity contribution in [1.82, 2.24) is 15.1 Å². The summed E-state index contributed by atoms with van der Waals surface area (Å²) < 4.78 is 7.30. The summed E-state index contributed by atoms with van der Waals surface area (Å²) in [6.45, 7) is 2.62. The molecule has 1 N–H and O–H groups in total. The molecule has 4 nitrogen and oxygen atoms in total. The van der Waals surface area contributed by atoms with Crippen molar-refractivity contribution in [2.45, 2.75) is 25.4 Å². The summed E-state index contributed by atoms with van der Waals surface area (Å²) in [6.07, 6.45) is 5.99. The average molecular weight is 257 g/mol. The van der Waals surface area contributed by atoms with Gasteiger partial charge in [-0.25, -0.2) is 4.68 Å². The first-order valence-corrected chi connectivity index (χ1v) is 6.82. The first kappa shape index (κ1) is 12.4. The molecule has 1 aromatic heterocycles. The van der Waals surface area contributed by atoms with Crippen molar-refractivity contribution >= 4 is 0 Å². The van der Waals surface area contributed by atoms with E-state index in [9.17, 15) is 0 Å². The van der Waals surface area contributed by atoms with Gasteiger partial charge < -0.3 is 10.1 Å². The number of nitrogens with zero attached hydrogens (tertiary/aromatic N) is 2. The minimum atomic E-state index is 0.569. The molecule has 0 unspecified atom stereocenters. The fourth-order valence-electron chi connectivity index (χ4n) is 2.45. The first-order chi connectivity index (χ1) is 9.43. The number of rotatable bonds is 4. The van der Waals surface area contributed by atoms with Crippen molar-refractivity contribution in [2.24, 2.45) is 0 Å². The van der Waals surface area contributed by atoms with Crippen LogP contribution in [0.5, 0.6) is 0 Å². The Morgan fingerprint density at radius 2 is 2.05 bits per heavy atom. The van der Waals surface area contributed by atoms with E-state index in [2.05, 4.69) is 34.7 Å². The SMILES string of the molecule is c1ccc(-n2cccn2)c(CNC2CCOCC2)c1. The van der Waals surface area contributed by atoms with E-state index in [0.717, 1.165) is 38.3 Å². The molecule has 0 spiro atoms. The fraction of sp³-hybridized carbons (Fsp3) is 0.400. The lowest BCUT2D eigenvalue weighted by Crippen LogP contribution is -2.34. The van der Waals surface area contributed by atoms with Gasteiger partial charge in [-0.3, -0.25) is 0 Å². The molecule has 0 atom stereocenters. The van der Waals surface area contributed by atoms with E-state index in [4.69, 9.17) is 4.74 Å². The molecule has 1 aromatic carbocycles. The number of ether oxygens (including phenoxy) is 1. The van der Waals surface area contributed by atoms with Gasteiger partial charge in [0.2, 0.25) is 0 Å². The van der Waals surface area contributed by atoms with E-state index in [-0.39, 0.29) is 0 Å². The highest BCUT2D eigenvalue weighted by Gasteiger charge is 2.13. The molecule has 4 heteroatoms. The average Bonchev–Trinajstić information content (AvgIpc) is 3.01. The summed E-state index contributed by atoms with van der Waals surface area (Å²) in [6, 6.07) is 10.9. The molecular formula is C15H19N3O. The maximum absolute atomic E-state index is 5.38. The van der Waals surface area contributed by atoms with Crippen LogP contribution in [0.2, 0.25) is 0 Å². The number of aromatic nitrogens is 2. The van der Waals surface area contributed by atoms with Gasteiger partial charge in [-0.1, -0.05) is 18.2 Å². The van der Waals surface area contributed by atoms with Gasteiger partial charge >= 0.3 is 0 Å². The Hall–Kier alpha value is -1.65. The molecule has 0 radical (unpaired) electrons. The molecule has 0 amide bonds. The molecule has 1 aliphatic heterocycles. The number of para-hydroxylation sites is 1. The number of benzene rings is 1. The van der Waals surface area contributed by atoms with E-state index < -0.39 is 0 Å². The van der Waals surface area contributed by atoms with Crippen LogP contribution in [0.1, 0.15) is 18.4 Å². The minimum absolute atomic E-state index is 0.569. The van der Waals surface area contributed by atoms with Crippen LogP contribution in [-0.4, -0.2) is 29.0 Å². The van der Waals surface area contributed by atoms with Crippen LogP contribution in [0.15, 0.2) is 42.7 Å². The van der Waals surface area contributed by atoms with Crippen LogP contribution < -0.4 is 5.32 Å². The quantitative estimate of drug-likeness (QED) is 0.912. The van der Waals surface area contributed by atoms with Gasteiger partial charge in [0.15, 0.2) is 0 Å². The molecule has 0 saturated carbocycles. The molecule has 1 aliphatic rings. The van der Waals surface area contributed by atoms with Crippen LogP contribution in [0.4, 0.5) is 0 Å². The van der Waals surface area contributed by atoms with Gasteiger partial charge in [-0.15, -0.1) is 0 Å². The molecule has 0 aliphatic carbocycles. The number of nitrogens with one attached hydrogen (secondary N) is 1. The van der Waals surface area contributed by atoms with Crippen molar-refractivity contribution in [3.8, 4) is 5.69 Å². The zero-order chi connectivity index (χ0) is 12.9. The second-order valence-corrected chi connectivity index (χ2v) is 4.85. The van der Waals surface area contributed by atoms with Gasteiger partial charge in [-0.05, 0) is 30.5 Å². The lowest BCUT2D eigenvalue weighted by Gasteiger charge is -2.23. The van der Waals surface area contributed by atoms with E-state index in [1.807, 2.05) is 23.1 Å². The van der Waals surface area contributed by atoms with Gasteiger partial charge in [0.05, 0.1) is 5.69 Å². The molecule has 3 rings (SSSR count). The van der Waals surface area contributed by atoms with Gasteiger partial charge in [0.1, 0.15) is 0 Å². The number of hydrogen-bond acceptors (Lipinski definition) is 3. The molecular weight excluding hydrogens is 238 g/mol. The van der Waals surface area contributed by atoms with Crippen molar-refractivity contribution in [3.63, 3.8) is 0 Å². The third kappa shape index (κ3) is 3.03. The topological polar surface area (TPSA) is 39.1 Å². The predicted molar refractivity (Wildman–Crippen MR) is 74.2 cm³/mol. The predicted octanol–water partition coefficient (Wildman–Crippen LogP) is 2.14. The Kier molecular flexibility index (Phi) is 3.91. The standard InChI is InChI=1S/C15H19N3O/c1-2-5-15(18-9-3-8-17-18)13(4-1)12-16-14-6-10-19-11-7-14/h1-5,8-9,14,16H,6-7,10-12H2. The highest BCUT2D eigenvalue weighted by atomic mass is 16.5. The van der Waals surface area contributed by atoms with E-state index in [1.165, 1.54) is 5.56 Å². The molecule has 1 saturated heterocycles. The molecule has 1 fully saturated rings. The third-order valence-corrected chi connectivity index (χ3v) is 3.55. The van der Waals surface area contributed by atoms with Crippen molar-refractivity contribution in [1.29, 1.82) is 0 Å². The smallest absolute Gasteiger partial charge is 0.0690 e. The summed E-state index contributed by atoms with van der Waals surface area (Å²) in [5.41, 5.74) is 2.42. The highest BCUT2D eigenvalue weighted by Crippen LogP contribution is 2.14. The van der Waals surface area contributed by atoms with Crippen molar-refractivity contribution in [2.75, 3.05) is 13.2 Å². The summed E-state index contributed by atoms with van der Waals surface area (Å²) in [4.78, 5) is 0. The van der Waals surface area contributed by atoms with Crippen LogP contribution in [0, 0.1) is 0 Å². The zero-order valence-corrected chi connectivity index (χ0v) is 11.0. The summed E-state index contributed by atoms with van der Waals surface area (Å²) in [7, 11) is 0. The Bertz CT molecular complexity index is 504. The molecule has 100 valence electrons. The maximum atomic E-state index is 5.38. The van der Waals surface area contributed by atoms with Gasteiger partial charge in [0.25, 0.3) is 0 Å². The second kappa shape index (κ2) is 5.99. The van der Waals surface area contributed by atoms with Gasteiger partial charge in [0, 0.05) is 38.2 Å². The Morgan fingerprint density at radius 1 is 1.21 bits per heavy atom. The Morgan fingerprint density at radius 3 is 2.84 bits per heavy atom. The molecule has 19 heavy (non-hydrogen) atoms. The lowest BCUT2D eigenvalue weighted by atomic mass is 10.1. The van der Waals surface area contributed by atoms with Crippen LogP contribution in [0.25, 0.3) is 5.69 Å². The second-order valence-electron chi connectivity index (χ2n) is 4.85. The van der Waals surface area contributed by atoms with Crippen LogP contribution >= 0.6 is 0 Å². The van der Waals surface area contributed by atoms with Crippen LogP contribution in [-0.2, 0) is 11.3 Å². The van der Waals surface area contributed by atoms with Crippen molar-refractivity contribution in [3.05, 3.63) is 48.3 Å². The highest BCUT2D eigenvalue weighted by molar-refractivity contribution is 5.40. The monoisotopic (exact) mass is 257 g/mol. The van der Waals surface area contributed by atoms with E-state index in [1.54, 1.807) is 0 Å². The summed E-state index contributed by atoms with van der Waals surface area (Å²) in [5.74, 6) is 0. The minimum Gasteiger partial charge on any atom is -0.381 e. The lowest BCUT2D eigenvalue weighted by molar-refractivity contribution is 0.0776. The molecule has 0 bridgehead atoms. The molecule has 2 aromatic rings.